The van der Waals surface area contributed by atoms with Crippen molar-refractivity contribution in [3.8, 4) is 11.3 Å². The summed E-state index contributed by atoms with van der Waals surface area (Å²) in [7, 11) is -2.47. The number of pyridine rings is 1. The van der Waals surface area contributed by atoms with Crippen LogP contribution in [0, 0.1) is 17.5 Å². The molecule has 2 aromatic carbocycles. The van der Waals surface area contributed by atoms with E-state index in [1.165, 1.54) is 54.2 Å². The molecule has 38 heavy (non-hydrogen) atoms. The Bertz CT molecular complexity index is 1670. The number of hydrogen-bond donors (Lipinski definition) is 2. The van der Waals surface area contributed by atoms with Gasteiger partial charge in [0.15, 0.2) is 11.6 Å². The SMILES string of the molecule is CNC(=O)c1c(-c2ccc(F)cc2)nn2cc(NS(=O)(=O)CCc3ccc(Br)c(F)c3F)c(C3CC3)cc12. The van der Waals surface area contributed by atoms with E-state index in [2.05, 4.69) is 31.1 Å². The molecule has 0 aliphatic heterocycles. The van der Waals surface area contributed by atoms with Crippen molar-refractivity contribution < 1.29 is 26.4 Å². The van der Waals surface area contributed by atoms with Gasteiger partial charge in [-0.05, 0) is 88.6 Å². The van der Waals surface area contributed by atoms with Gasteiger partial charge in [-0.15, -0.1) is 0 Å². The molecule has 1 aliphatic rings. The standard InChI is InChI=1S/C26H22BrF3N4O3S/c1-31-26(35)22-21-12-18(14-2-3-14)20(13-34(21)32-25(22)16-4-7-17(28)8-5-16)33-38(36,37)11-10-15-6-9-19(27)24(30)23(15)29/h4-9,12-14,33H,2-3,10-11H2,1H3,(H,31,35). The largest absolute Gasteiger partial charge is 0.355 e. The van der Waals surface area contributed by atoms with E-state index >= 15 is 0 Å². The van der Waals surface area contributed by atoms with Gasteiger partial charge >= 0.3 is 0 Å². The third-order valence-corrected chi connectivity index (χ3v) is 8.30. The first kappa shape index (κ1) is 26.2. The lowest BCUT2D eigenvalue weighted by Crippen LogP contribution is -2.20. The third kappa shape index (κ3) is 5.14. The van der Waals surface area contributed by atoms with Crippen LogP contribution >= 0.6 is 15.9 Å². The monoisotopic (exact) mass is 606 g/mol. The molecule has 7 nitrogen and oxygen atoms in total. The third-order valence-electron chi connectivity index (χ3n) is 6.41. The molecular formula is C26H22BrF3N4O3S. The average Bonchev–Trinajstić information content (AvgIpc) is 3.67. The fourth-order valence-corrected chi connectivity index (χ4v) is 5.71. The summed E-state index contributed by atoms with van der Waals surface area (Å²) < 4.78 is 71.5. The zero-order chi connectivity index (χ0) is 27.2. The molecule has 0 radical (unpaired) electrons. The number of nitrogens with zero attached hydrogens (tertiary/aromatic N) is 2. The number of hydrogen-bond acceptors (Lipinski definition) is 4. The van der Waals surface area contributed by atoms with Gasteiger partial charge in [0.05, 0.1) is 33.2 Å². The highest BCUT2D eigenvalue weighted by Gasteiger charge is 2.30. The molecule has 1 saturated carbocycles. The summed E-state index contributed by atoms with van der Waals surface area (Å²) in [6.07, 6.45) is 2.97. The van der Waals surface area contributed by atoms with Crippen molar-refractivity contribution in [3.05, 3.63) is 87.3 Å². The van der Waals surface area contributed by atoms with Gasteiger partial charge in [0.25, 0.3) is 5.91 Å². The number of fused-ring (bicyclic) bond motifs is 1. The van der Waals surface area contributed by atoms with E-state index in [0.29, 0.717) is 28.0 Å². The van der Waals surface area contributed by atoms with Crippen LogP contribution in [-0.4, -0.2) is 36.7 Å². The fourth-order valence-electron chi connectivity index (χ4n) is 4.30. The Morgan fingerprint density at radius 1 is 1.11 bits per heavy atom. The molecule has 2 aromatic heterocycles. The topological polar surface area (TPSA) is 92.6 Å². The van der Waals surface area contributed by atoms with Gasteiger partial charge in [0, 0.05) is 12.6 Å². The van der Waals surface area contributed by atoms with E-state index in [1.54, 1.807) is 6.07 Å². The maximum Gasteiger partial charge on any atom is 0.255 e. The van der Waals surface area contributed by atoms with Crippen molar-refractivity contribution in [3.63, 3.8) is 0 Å². The lowest BCUT2D eigenvalue weighted by atomic mass is 10.0. The second kappa shape index (κ2) is 10.1. The minimum atomic E-state index is -3.96. The second-order valence-electron chi connectivity index (χ2n) is 9.06. The number of anilines is 1. The maximum atomic E-state index is 14.2. The minimum absolute atomic E-state index is 0.0440. The number of carbonyl (C=O) groups excluding carboxylic acids is 1. The quantitative estimate of drug-likeness (QED) is 0.263. The Morgan fingerprint density at radius 2 is 1.82 bits per heavy atom. The van der Waals surface area contributed by atoms with Crippen LogP contribution in [0.1, 0.15) is 40.2 Å². The number of sulfonamides is 1. The Labute approximate surface area is 225 Å². The molecule has 0 atom stereocenters. The summed E-state index contributed by atoms with van der Waals surface area (Å²) in [4.78, 5) is 12.8. The fraction of sp³-hybridized carbons (Fsp3) is 0.231. The van der Waals surface area contributed by atoms with Crippen molar-refractivity contribution in [2.75, 3.05) is 17.5 Å². The van der Waals surface area contributed by atoms with Crippen LogP contribution in [0.2, 0.25) is 0 Å². The first-order valence-electron chi connectivity index (χ1n) is 11.7. The highest BCUT2D eigenvalue weighted by Crippen LogP contribution is 2.45. The average molecular weight is 607 g/mol. The van der Waals surface area contributed by atoms with Gasteiger partial charge in [0.1, 0.15) is 11.5 Å². The van der Waals surface area contributed by atoms with E-state index in [4.69, 9.17) is 0 Å². The van der Waals surface area contributed by atoms with E-state index < -0.39 is 39.1 Å². The van der Waals surface area contributed by atoms with Crippen molar-refractivity contribution in [2.45, 2.75) is 25.2 Å². The molecule has 5 rings (SSSR count). The molecule has 1 amide bonds. The van der Waals surface area contributed by atoms with Crippen molar-refractivity contribution >= 4 is 43.1 Å². The Kier molecular flexibility index (Phi) is 6.95. The number of amides is 1. The predicted octanol–water partition coefficient (Wildman–Crippen LogP) is 5.40. The molecule has 2 heterocycles. The number of nitrogens with one attached hydrogen (secondary N) is 2. The van der Waals surface area contributed by atoms with E-state index in [0.717, 1.165) is 12.8 Å². The van der Waals surface area contributed by atoms with Crippen LogP contribution < -0.4 is 10.0 Å². The molecule has 1 aliphatic carbocycles. The molecule has 12 heteroatoms. The molecule has 2 N–H and O–H groups in total. The summed E-state index contributed by atoms with van der Waals surface area (Å²) in [5.74, 6) is -3.37. The van der Waals surface area contributed by atoms with Crippen molar-refractivity contribution in [2.24, 2.45) is 0 Å². The Morgan fingerprint density at radius 3 is 2.47 bits per heavy atom. The number of benzene rings is 2. The number of rotatable bonds is 8. The van der Waals surface area contributed by atoms with Crippen LogP contribution in [0.5, 0.6) is 0 Å². The zero-order valence-corrected chi connectivity index (χ0v) is 22.5. The normalized spacial score (nSPS) is 13.6. The molecule has 0 saturated heterocycles. The van der Waals surface area contributed by atoms with Crippen LogP contribution in [0.15, 0.2) is 53.1 Å². The number of halogens is 4. The molecular weight excluding hydrogens is 585 g/mol. The Hall–Kier alpha value is -3.38. The number of carbonyl (C=O) groups is 1. The van der Waals surface area contributed by atoms with Crippen molar-refractivity contribution in [1.82, 2.24) is 14.9 Å². The van der Waals surface area contributed by atoms with Gasteiger partial charge in [-0.1, -0.05) is 6.07 Å². The summed E-state index contributed by atoms with van der Waals surface area (Å²) in [6, 6.07) is 9.96. The van der Waals surface area contributed by atoms with Crippen LogP contribution in [-0.2, 0) is 16.4 Å². The van der Waals surface area contributed by atoms with Gasteiger partial charge in [-0.3, -0.25) is 9.52 Å². The Balaban J connectivity index is 1.52. The van der Waals surface area contributed by atoms with Crippen LogP contribution in [0.25, 0.3) is 16.8 Å². The van der Waals surface area contributed by atoms with E-state index in [9.17, 15) is 26.4 Å². The molecule has 0 spiro atoms. The lowest BCUT2D eigenvalue weighted by molar-refractivity contribution is 0.0965. The second-order valence-corrected chi connectivity index (χ2v) is 11.8. The highest BCUT2D eigenvalue weighted by atomic mass is 79.9. The van der Waals surface area contributed by atoms with Gasteiger partial charge in [0.2, 0.25) is 10.0 Å². The predicted molar refractivity (Wildman–Crippen MR) is 141 cm³/mol. The number of aromatic nitrogens is 2. The zero-order valence-electron chi connectivity index (χ0n) is 20.1. The van der Waals surface area contributed by atoms with Gasteiger partial charge in [-0.25, -0.2) is 26.1 Å². The summed E-state index contributed by atoms with van der Waals surface area (Å²) in [6.45, 7) is 0. The van der Waals surface area contributed by atoms with E-state index in [1.807, 2.05) is 0 Å². The summed E-state index contributed by atoms with van der Waals surface area (Å²) in [5, 5.41) is 7.12. The van der Waals surface area contributed by atoms with Crippen molar-refractivity contribution in [1.29, 1.82) is 0 Å². The molecule has 0 bridgehead atoms. The molecule has 0 unspecified atom stereocenters. The summed E-state index contributed by atoms with van der Waals surface area (Å²) in [5.41, 5.74) is 2.53. The van der Waals surface area contributed by atoms with Crippen LogP contribution in [0.4, 0.5) is 18.9 Å². The summed E-state index contributed by atoms with van der Waals surface area (Å²) >= 11 is 2.90. The smallest absolute Gasteiger partial charge is 0.255 e. The first-order valence-corrected chi connectivity index (χ1v) is 14.2. The molecule has 198 valence electrons. The molecule has 1 fully saturated rings. The number of aryl methyl sites for hydroxylation is 1. The lowest BCUT2D eigenvalue weighted by Gasteiger charge is -2.14. The van der Waals surface area contributed by atoms with Crippen LogP contribution in [0.3, 0.4) is 0 Å². The maximum absolute atomic E-state index is 14.2. The van der Waals surface area contributed by atoms with E-state index in [-0.39, 0.29) is 27.9 Å². The highest BCUT2D eigenvalue weighted by molar-refractivity contribution is 9.10. The minimum Gasteiger partial charge on any atom is -0.355 e. The van der Waals surface area contributed by atoms with Gasteiger partial charge < -0.3 is 5.32 Å². The molecule has 4 aromatic rings. The van der Waals surface area contributed by atoms with Gasteiger partial charge in [-0.2, -0.15) is 5.10 Å². The first-order chi connectivity index (χ1) is 18.1.